The van der Waals surface area contributed by atoms with Crippen molar-refractivity contribution in [2.24, 2.45) is 5.41 Å². The highest BCUT2D eigenvalue weighted by atomic mass is 16.3. The maximum Gasteiger partial charge on any atom is 0.141 e. The summed E-state index contributed by atoms with van der Waals surface area (Å²) in [6.07, 6.45) is 16.9. The molecule has 0 radical (unpaired) electrons. The van der Waals surface area contributed by atoms with E-state index in [1.165, 1.54) is 64.2 Å². The number of hydrogen-bond donors (Lipinski definition) is 1. The summed E-state index contributed by atoms with van der Waals surface area (Å²) >= 11 is 0. The minimum atomic E-state index is -0.508. The van der Waals surface area contributed by atoms with Gasteiger partial charge in [0, 0.05) is 6.42 Å². The van der Waals surface area contributed by atoms with E-state index in [-0.39, 0.29) is 0 Å². The summed E-state index contributed by atoms with van der Waals surface area (Å²) in [6.45, 7) is 3.99. The number of hydrogen-bond acceptors (Lipinski definition) is 2. The van der Waals surface area contributed by atoms with E-state index in [2.05, 4.69) is 0 Å². The zero-order valence-corrected chi connectivity index (χ0v) is 15.0. The first-order valence-electron chi connectivity index (χ1n) is 9.82. The van der Waals surface area contributed by atoms with Gasteiger partial charge in [0.15, 0.2) is 0 Å². The van der Waals surface area contributed by atoms with Crippen LogP contribution in [0.1, 0.15) is 110 Å². The van der Waals surface area contributed by atoms with Crippen molar-refractivity contribution in [2.75, 3.05) is 0 Å². The highest BCUT2D eigenvalue weighted by Gasteiger charge is 2.37. The first-order valence-corrected chi connectivity index (χ1v) is 9.82. The Kier molecular flexibility index (Phi) is 10.0. The van der Waals surface area contributed by atoms with Crippen molar-refractivity contribution in [3.8, 4) is 0 Å². The maximum atomic E-state index is 12.7. The van der Waals surface area contributed by atoms with E-state index in [9.17, 15) is 9.90 Å². The molecule has 1 aliphatic rings. The molecule has 1 rings (SSSR count). The highest BCUT2D eigenvalue weighted by Crippen LogP contribution is 2.34. The van der Waals surface area contributed by atoms with Crippen molar-refractivity contribution >= 4 is 5.78 Å². The van der Waals surface area contributed by atoms with Gasteiger partial charge in [-0.1, -0.05) is 84.5 Å². The van der Waals surface area contributed by atoms with Crippen LogP contribution in [0.2, 0.25) is 0 Å². The van der Waals surface area contributed by atoms with Gasteiger partial charge in [-0.05, 0) is 19.3 Å². The number of Topliss-reactive ketones (excluding diaryl/α,β-unsaturated/α-hetero) is 1. The zero-order chi connectivity index (χ0) is 16.3. The van der Waals surface area contributed by atoms with Gasteiger partial charge in [0.1, 0.15) is 5.78 Å². The van der Waals surface area contributed by atoms with Gasteiger partial charge in [-0.15, -0.1) is 0 Å². The standard InChI is InChI=1S/C20H38O2/c1-3-18(21)20(2)17-15-13-11-9-7-5-4-6-8-10-12-14-16-19(20)22/h18,21H,3-17H2,1-2H3. The predicted octanol–water partition coefficient (Wildman–Crippen LogP) is 5.81. The Hall–Kier alpha value is -0.370. The maximum absolute atomic E-state index is 12.7. The van der Waals surface area contributed by atoms with Gasteiger partial charge in [0.25, 0.3) is 0 Å². The third-order valence-electron chi connectivity index (χ3n) is 5.61. The molecule has 0 aromatic carbocycles. The third-order valence-corrected chi connectivity index (χ3v) is 5.61. The van der Waals surface area contributed by atoms with Crippen LogP contribution >= 0.6 is 0 Å². The second-order valence-corrected chi connectivity index (χ2v) is 7.51. The summed E-state index contributed by atoms with van der Waals surface area (Å²) in [5.74, 6) is 0.300. The van der Waals surface area contributed by atoms with E-state index in [4.69, 9.17) is 0 Å². The third kappa shape index (κ3) is 6.81. The Morgan fingerprint density at radius 3 is 1.73 bits per heavy atom. The van der Waals surface area contributed by atoms with Crippen LogP contribution in [-0.4, -0.2) is 17.0 Å². The van der Waals surface area contributed by atoms with Gasteiger partial charge in [-0.2, -0.15) is 0 Å². The molecule has 0 aliphatic heterocycles. The lowest BCUT2D eigenvalue weighted by Crippen LogP contribution is -2.39. The van der Waals surface area contributed by atoms with Crippen molar-refractivity contribution in [3.05, 3.63) is 0 Å². The van der Waals surface area contributed by atoms with Crippen molar-refractivity contribution < 1.29 is 9.90 Å². The molecule has 0 bridgehead atoms. The van der Waals surface area contributed by atoms with Gasteiger partial charge in [0.2, 0.25) is 0 Å². The topological polar surface area (TPSA) is 37.3 Å². The van der Waals surface area contributed by atoms with Gasteiger partial charge >= 0.3 is 0 Å². The van der Waals surface area contributed by atoms with Crippen molar-refractivity contribution in [1.82, 2.24) is 0 Å². The van der Waals surface area contributed by atoms with E-state index in [0.717, 1.165) is 19.3 Å². The number of aliphatic hydroxyl groups is 1. The molecule has 0 heterocycles. The van der Waals surface area contributed by atoms with Crippen molar-refractivity contribution in [2.45, 2.75) is 116 Å². The number of ketones is 1. The number of aliphatic hydroxyl groups excluding tert-OH is 1. The summed E-state index contributed by atoms with van der Waals surface area (Å²) in [4.78, 5) is 12.7. The largest absolute Gasteiger partial charge is 0.392 e. The monoisotopic (exact) mass is 310 g/mol. The molecule has 22 heavy (non-hydrogen) atoms. The molecule has 0 saturated heterocycles. The van der Waals surface area contributed by atoms with E-state index in [1.807, 2.05) is 13.8 Å². The van der Waals surface area contributed by atoms with Crippen LogP contribution < -0.4 is 0 Å². The normalized spacial score (nSPS) is 29.1. The van der Waals surface area contributed by atoms with Crippen LogP contribution in [0.4, 0.5) is 0 Å². The lowest BCUT2D eigenvalue weighted by Gasteiger charge is -2.33. The first-order chi connectivity index (χ1) is 10.6. The molecule has 0 spiro atoms. The first kappa shape index (κ1) is 19.7. The number of carbonyl (C=O) groups is 1. The summed E-state index contributed by atoms with van der Waals surface area (Å²) in [5.41, 5.74) is -0.508. The fraction of sp³-hybridized carbons (Fsp3) is 0.950. The van der Waals surface area contributed by atoms with E-state index >= 15 is 0 Å². The Balaban J connectivity index is 2.56. The van der Waals surface area contributed by atoms with Crippen LogP contribution in [0.5, 0.6) is 0 Å². The number of carbonyl (C=O) groups excluding carboxylic acids is 1. The van der Waals surface area contributed by atoms with E-state index < -0.39 is 11.5 Å². The average molecular weight is 311 g/mol. The quantitative estimate of drug-likeness (QED) is 0.699. The van der Waals surface area contributed by atoms with Crippen molar-refractivity contribution in [1.29, 1.82) is 0 Å². The second-order valence-electron chi connectivity index (χ2n) is 7.51. The Labute approximate surface area is 138 Å². The van der Waals surface area contributed by atoms with Crippen LogP contribution in [0.25, 0.3) is 0 Å². The lowest BCUT2D eigenvalue weighted by atomic mass is 9.73. The molecule has 1 N–H and O–H groups in total. The fourth-order valence-corrected chi connectivity index (χ4v) is 3.77. The molecule has 2 atom stereocenters. The molecule has 2 heteroatoms. The molecule has 1 aliphatic carbocycles. The van der Waals surface area contributed by atoms with Gasteiger partial charge in [-0.3, -0.25) is 4.79 Å². The average Bonchev–Trinajstić information content (AvgIpc) is 2.52. The molecule has 2 unspecified atom stereocenters. The zero-order valence-electron chi connectivity index (χ0n) is 15.0. The van der Waals surface area contributed by atoms with E-state index in [0.29, 0.717) is 18.6 Å². The molecule has 130 valence electrons. The molecule has 1 fully saturated rings. The van der Waals surface area contributed by atoms with Crippen LogP contribution in [0, 0.1) is 5.41 Å². The van der Waals surface area contributed by atoms with Gasteiger partial charge in [0.05, 0.1) is 11.5 Å². The Morgan fingerprint density at radius 1 is 0.864 bits per heavy atom. The molecule has 2 nitrogen and oxygen atoms in total. The molecule has 0 aromatic heterocycles. The minimum absolute atomic E-state index is 0.300. The molecule has 0 aromatic rings. The summed E-state index contributed by atoms with van der Waals surface area (Å²) in [5, 5.41) is 10.4. The predicted molar refractivity (Wildman–Crippen MR) is 94.0 cm³/mol. The molecule has 1 saturated carbocycles. The van der Waals surface area contributed by atoms with E-state index in [1.54, 1.807) is 0 Å². The SMILES string of the molecule is CCC(O)C1(C)CCCCCCCCCCCCCCC1=O. The Morgan fingerprint density at radius 2 is 1.27 bits per heavy atom. The van der Waals surface area contributed by atoms with Gasteiger partial charge in [-0.25, -0.2) is 0 Å². The molecular formula is C20H38O2. The highest BCUT2D eigenvalue weighted by molar-refractivity contribution is 5.85. The van der Waals surface area contributed by atoms with Crippen LogP contribution in [0.15, 0.2) is 0 Å². The molecular weight excluding hydrogens is 272 g/mol. The lowest BCUT2D eigenvalue weighted by molar-refractivity contribution is -0.135. The van der Waals surface area contributed by atoms with Gasteiger partial charge < -0.3 is 5.11 Å². The summed E-state index contributed by atoms with van der Waals surface area (Å²) in [7, 11) is 0. The van der Waals surface area contributed by atoms with Crippen LogP contribution in [0.3, 0.4) is 0 Å². The summed E-state index contributed by atoms with van der Waals surface area (Å²) < 4.78 is 0. The fourth-order valence-electron chi connectivity index (χ4n) is 3.77. The molecule has 0 amide bonds. The minimum Gasteiger partial charge on any atom is -0.392 e. The number of rotatable bonds is 2. The second kappa shape index (κ2) is 11.2. The van der Waals surface area contributed by atoms with Crippen molar-refractivity contribution in [3.63, 3.8) is 0 Å². The van der Waals surface area contributed by atoms with Crippen LogP contribution in [-0.2, 0) is 4.79 Å². The smallest absolute Gasteiger partial charge is 0.141 e. The summed E-state index contributed by atoms with van der Waals surface area (Å²) in [6, 6.07) is 0. The Bertz CT molecular complexity index is 300.